The molecule has 26 heavy (non-hydrogen) atoms. The van der Waals surface area contributed by atoms with Crippen LogP contribution in [0.3, 0.4) is 0 Å². The van der Waals surface area contributed by atoms with Crippen LogP contribution in [0.15, 0.2) is 33.9 Å². The predicted molar refractivity (Wildman–Crippen MR) is 92.1 cm³/mol. The van der Waals surface area contributed by atoms with Gasteiger partial charge < -0.3 is 14.3 Å². The number of hydrogen-bond acceptors (Lipinski definition) is 6. The number of rotatable bonds is 4. The zero-order valence-corrected chi connectivity index (χ0v) is 14.5. The van der Waals surface area contributed by atoms with E-state index in [0.717, 1.165) is 19.3 Å². The lowest BCUT2D eigenvalue weighted by Gasteiger charge is -2.29. The smallest absolute Gasteiger partial charge is 0.321 e. The molecule has 1 aliphatic rings. The monoisotopic (exact) mass is 359 g/mol. The second-order valence-electron chi connectivity index (χ2n) is 6.52. The Morgan fingerprint density at radius 2 is 2.12 bits per heavy atom. The predicted octanol–water partition coefficient (Wildman–Crippen LogP) is 1.30. The van der Waals surface area contributed by atoms with Crippen LogP contribution in [-0.4, -0.2) is 32.7 Å². The highest BCUT2D eigenvalue weighted by Crippen LogP contribution is 2.23. The summed E-state index contributed by atoms with van der Waals surface area (Å²) < 4.78 is 6.26. The van der Waals surface area contributed by atoms with Crippen molar-refractivity contribution in [1.29, 1.82) is 0 Å². The van der Waals surface area contributed by atoms with Crippen molar-refractivity contribution in [2.45, 2.75) is 45.2 Å². The Bertz CT molecular complexity index is 830. The van der Waals surface area contributed by atoms with Gasteiger partial charge in [0, 0.05) is 18.3 Å². The Hall–Kier alpha value is -2.97. The number of carbonyl (C=O) groups is 2. The minimum Gasteiger partial charge on any atom is -0.423 e. The number of imide groups is 1. The van der Waals surface area contributed by atoms with E-state index in [4.69, 9.17) is 4.42 Å². The number of hydrogen-bond donors (Lipinski definition) is 2. The average Bonchev–Trinajstić information content (AvgIpc) is 3.13. The largest absolute Gasteiger partial charge is 0.423 e. The molecule has 2 N–H and O–H groups in total. The first-order valence-electron chi connectivity index (χ1n) is 8.60. The van der Waals surface area contributed by atoms with Gasteiger partial charge in [0.15, 0.2) is 0 Å². The third kappa shape index (κ3) is 4.35. The van der Waals surface area contributed by atoms with Crippen molar-refractivity contribution in [2.75, 3.05) is 0 Å². The second-order valence-corrected chi connectivity index (χ2v) is 6.52. The van der Waals surface area contributed by atoms with E-state index >= 15 is 0 Å². The van der Waals surface area contributed by atoms with Crippen LogP contribution in [0.1, 0.15) is 32.6 Å². The van der Waals surface area contributed by atoms with Crippen molar-refractivity contribution in [3.63, 3.8) is 0 Å². The Labute approximate surface area is 149 Å². The number of nitrogens with one attached hydrogen (secondary N) is 2. The van der Waals surface area contributed by atoms with E-state index in [0.29, 0.717) is 11.5 Å². The molecule has 138 valence electrons. The summed E-state index contributed by atoms with van der Waals surface area (Å²) in [7, 11) is 0. The first-order valence-corrected chi connectivity index (χ1v) is 8.60. The van der Waals surface area contributed by atoms with Gasteiger partial charge in [-0.25, -0.2) is 4.79 Å². The van der Waals surface area contributed by atoms with Gasteiger partial charge in [-0.3, -0.25) is 14.9 Å². The molecule has 0 radical (unpaired) electrons. The van der Waals surface area contributed by atoms with Crippen LogP contribution in [0.5, 0.6) is 0 Å². The third-order valence-corrected chi connectivity index (χ3v) is 4.59. The van der Waals surface area contributed by atoms with Crippen LogP contribution in [0.2, 0.25) is 0 Å². The molecule has 0 saturated heterocycles. The van der Waals surface area contributed by atoms with Crippen LogP contribution in [0.4, 0.5) is 4.79 Å². The summed E-state index contributed by atoms with van der Waals surface area (Å²) >= 11 is 0. The summed E-state index contributed by atoms with van der Waals surface area (Å²) in [4.78, 5) is 36.1. The van der Waals surface area contributed by atoms with Crippen LogP contribution in [-0.2, 0) is 11.3 Å². The molecule has 1 saturated carbocycles. The molecule has 2 atom stereocenters. The number of nitrogens with zero attached hydrogens (tertiary/aromatic N) is 3. The van der Waals surface area contributed by atoms with Gasteiger partial charge >= 0.3 is 6.03 Å². The molecule has 3 rings (SSSR count). The Morgan fingerprint density at radius 1 is 1.31 bits per heavy atom. The fourth-order valence-corrected chi connectivity index (χ4v) is 3.14. The van der Waals surface area contributed by atoms with Gasteiger partial charge in [-0.2, -0.15) is 0 Å². The normalized spacial score (nSPS) is 19.7. The van der Waals surface area contributed by atoms with E-state index in [-0.39, 0.29) is 24.0 Å². The van der Waals surface area contributed by atoms with Crippen LogP contribution >= 0.6 is 0 Å². The van der Waals surface area contributed by atoms with Gasteiger partial charge in [0.1, 0.15) is 6.54 Å². The first-order chi connectivity index (χ1) is 12.5. The van der Waals surface area contributed by atoms with Gasteiger partial charge in [-0.05, 0) is 24.8 Å². The van der Waals surface area contributed by atoms with E-state index in [9.17, 15) is 14.4 Å². The van der Waals surface area contributed by atoms with E-state index in [2.05, 4.69) is 27.8 Å². The molecule has 2 heterocycles. The molecule has 2 aromatic rings. The van der Waals surface area contributed by atoms with Crippen LogP contribution in [0.25, 0.3) is 11.5 Å². The lowest BCUT2D eigenvalue weighted by atomic mass is 9.86. The SMILES string of the molecule is C[C@H]1CCCC[C@H]1NC(=O)NC(=O)Cn1cc(-c2nnco2)ccc1=O. The van der Waals surface area contributed by atoms with Crippen LogP contribution < -0.4 is 16.2 Å². The van der Waals surface area contributed by atoms with Gasteiger partial charge in [0.2, 0.25) is 18.2 Å². The van der Waals surface area contributed by atoms with Crippen LogP contribution in [0, 0.1) is 5.92 Å². The van der Waals surface area contributed by atoms with E-state index in [1.807, 2.05) is 0 Å². The summed E-state index contributed by atoms with van der Waals surface area (Å²) in [6, 6.07) is 2.37. The number of pyridine rings is 1. The fraction of sp³-hybridized carbons (Fsp3) is 0.471. The lowest BCUT2D eigenvalue weighted by Crippen LogP contribution is -2.48. The van der Waals surface area contributed by atoms with Gasteiger partial charge in [-0.1, -0.05) is 19.8 Å². The van der Waals surface area contributed by atoms with Crippen molar-refractivity contribution in [3.8, 4) is 11.5 Å². The Balaban J connectivity index is 1.60. The van der Waals surface area contributed by atoms with E-state index in [1.54, 1.807) is 0 Å². The first kappa shape index (κ1) is 17.8. The molecule has 2 aromatic heterocycles. The summed E-state index contributed by atoms with van der Waals surface area (Å²) in [6.45, 7) is 1.81. The summed E-state index contributed by atoms with van der Waals surface area (Å²) in [5, 5.41) is 12.5. The molecule has 1 aliphatic carbocycles. The minimum absolute atomic E-state index is 0.0696. The van der Waals surface area contributed by atoms with Crippen molar-refractivity contribution >= 4 is 11.9 Å². The molecule has 9 nitrogen and oxygen atoms in total. The van der Waals surface area contributed by atoms with Gasteiger partial charge in [0.25, 0.3) is 5.56 Å². The maximum Gasteiger partial charge on any atom is 0.321 e. The standard InChI is InChI=1S/C17H21N5O4/c1-11-4-2-3-5-13(11)19-17(25)20-14(23)9-22-8-12(6-7-15(22)24)16-21-18-10-26-16/h6-8,10-11,13H,2-5,9H2,1H3,(H2,19,20,23,25)/t11-,13+/m0/s1. The minimum atomic E-state index is -0.573. The highest BCUT2D eigenvalue weighted by Gasteiger charge is 2.23. The van der Waals surface area contributed by atoms with Crippen molar-refractivity contribution in [3.05, 3.63) is 35.1 Å². The molecule has 0 aliphatic heterocycles. The number of urea groups is 1. The highest BCUT2D eigenvalue weighted by atomic mass is 16.4. The molecule has 0 spiro atoms. The zero-order chi connectivity index (χ0) is 18.5. The molecular formula is C17H21N5O4. The van der Waals surface area contributed by atoms with Gasteiger partial charge in [-0.15, -0.1) is 10.2 Å². The molecule has 0 unspecified atom stereocenters. The average molecular weight is 359 g/mol. The van der Waals surface area contributed by atoms with E-state index in [1.165, 1.54) is 35.7 Å². The maximum atomic E-state index is 12.1. The number of aromatic nitrogens is 3. The van der Waals surface area contributed by atoms with Crippen molar-refractivity contribution < 1.29 is 14.0 Å². The van der Waals surface area contributed by atoms with E-state index < -0.39 is 11.9 Å². The fourth-order valence-electron chi connectivity index (χ4n) is 3.14. The Kier molecular flexibility index (Phi) is 5.45. The molecule has 0 aromatic carbocycles. The Morgan fingerprint density at radius 3 is 2.85 bits per heavy atom. The molecule has 9 heteroatoms. The molecule has 3 amide bonds. The molecule has 0 bridgehead atoms. The van der Waals surface area contributed by atoms with Gasteiger partial charge in [0.05, 0.1) is 5.56 Å². The molecule has 1 fully saturated rings. The zero-order valence-electron chi connectivity index (χ0n) is 14.5. The van der Waals surface area contributed by atoms with Crippen molar-refractivity contribution in [2.24, 2.45) is 5.92 Å². The quantitative estimate of drug-likeness (QED) is 0.849. The molecular weight excluding hydrogens is 338 g/mol. The third-order valence-electron chi connectivity index (χ3n) is 4.59. The summed E-state index contributed by atoms with van der Waals surface area (Å²) in [5.74, 6) is 0.0530. The summed E-state index contributed by atoms with van der Waals surface area (Å²) in [5.41, 5.74) is 0.139. The topological polar surface area (TPSA) is 119 Å². The second kappa shape index (κ2) is 7.94. The lowest BCUT2D eigenvalue weighted by molar-refractivity contribution is -0.120. The maximum absolute atomic E-state index is 12.1. The number of carbonyl (C=O) groups excluding carboxylic acids is 2. The van der Waals surface area contributed by atoms with Crippen molar-refractivity contribution in [1.82, 2.24) is 25.4 Å². The number of amides is 3. The summed E-state index contributed by atoms with van der Waals surface area (Å²) in [6.07, 6.45) is 6.83. The highest BCUT2D eigenvalue weighted by molar-refractivity contribution is 5.94.